The maximum Gasteiger partial charge on any atom is 0.228 e. The van der Waals surface area contributed by atoms with E-state index in [1.165, 1.54) is 11.1 Å². The van der Waals surface area contributed by atoms with Crippen LogP contribution in [0.2, 0.25) is 0 Å². The molecule has 1 amide bonds. The largest absolute Gasteiger partial charge is 0.493 e. The zero-order chi connectivity index (χ0) is 22.8. The topological polar surface area (TPSA) is 48.0 Å². The summed E-state index contributed by atoms with van der Waals surface area (Å²) in [7, 11) is 3.27. The maximum atomic E-state index is 13.3. The number of nitrogens with zero attached hydrogens (tertiary/aromatic N) is 1. The summed E-state index contributed by atoms with van der Waals surface area (Å²) in [6.07, 6.45) is 0.775. The third-order valence-electron chi connectivity index (χ3n) is 5.86. The molecule has 2 aromatic carbocycles. The number of carbonyl (C=O) groups is 1. The van der Waals surface area contributed by atoms with Gasteiger partial charge in [0.05, 0.1) is 20.3 Å². The number of ether oxygens (including phenoxy) is 3. The molecule has 1 atom stereocenters. The standard InChI is InChI=1S/C26H35NO4/c1-17(2)18-8-10-20(11-9-18)31-16-22-21-15-24(30-7)23(29-6)14-19(21)12-13-27(22)25(28)26(3,4)5/h8-11,14-15,17,22H,12-13,16H2,1-7H3. The van der Waals surface area contributed by atoms with E-state index in [-0.39, 0.29) is 11.9 Å². The van der Waals surface area contributed by atoms with Gasteiger partial charge in [-0.3, -0.25) is 4.79 Å². The molecular weight excluding hydrogens is 390 g/mol. The van der Waals surface area contributed by atoms with Crippen LogP contribution in [0.3, 0.4) is 0 Å². The van der Waals surface area contributed by atoms with Crippen molar-refractivity contribution in [1.29, 1.82) is 0 Å². The second kappa shape index (κ2) is 9.21. The van der Waals surface area contributed by atoms with E-state index in [1.807, 2.05) is 49.9 Å². The number of methoxy groups -OCH3 is 2. The second-order valence-electron chi connectivity index (χ2n) is 9.46. The number of carbonyl (C=O) groups excluding carboxylic acids is 1. The van der Waals surface area contributed by atoms with Crippen LogP contribution in [-0.4, -0.2) is 38.2 Å². The summed E-state index contributed by atoms with van der Waals surface area (Å²) >= 11 is 0. The Labute approximate surface area is 186 Å². The molecule has 0 N–H and O–H groups in total. The van der Waals surface area contributed by atoms with Crippen LogP contribution in [0, 0.1) is 5.41 Å². The van der Waals surface area contributed by atoms with Crippen molar-refractivity contribution in [2.75, 3.05) is 27.4 Å². The van der Waals surface area contributed by atoms with E-state index in [4.69, 9.17) is 14.2 Å². The molecule has 2 aromatic rings. The third-order valence-corrected chi connectivity index (χ3v) is 5.86. The molecule has 5 heteroatoms. The summed E-state index contributed by atoms with van der Waals surface area (Å²) in [6, 6.07) is 12.0. The fraction of sp³-hybridized carbons (Fsp3) is 0.500. The van der Waals surface area contributed by atoms with Gasteiger partial charge in [0.2, 0.25) is 5.91 Å². The zero-order valence-corrected chi connectivity index (χ0v) is 19.8. The molecule has 0 aromatic heterocycles. The fourth-order valence-electron chi connectivity index (χ4n) is 4.01. The summed E-state index contributed by atoms with van der Waals surface area (Å²) in [4.78, 5) is 15.2. The maximum absolute atomic E-state index is 13.3. The molecule has 5 nitrogen and oxygen atoms in total. The van der Waals surface area contributed by atoms with Crippen molar-refractivity contribution in [3.63, 3.8) is 0 Å². The van der Waals surface area contributed by atoms with Crippen molar-refractivity contribution in [1.82, 2.24) is 4.90 Å². The van der Waals surface area contributed by atoms with Crippen LogP contribution in [0.1, 0.15) is 63.3 Å². The molecule has 0 spiro atoms. The molecule has 1 aliphatic rings. The molecule has 168 valence electrons. The van der Waals surface area contributed by atoms with Gasteiger partial charge in [-0.15, -0.1) is 0 Å². The highest BCUT2D eigenvalue weighted by molar-refractivity contribution is 5.82. The first-order valence-electron chi connectivity index (χ1n) is 10.9. The Bertz CT molecular complexity index is 912. The number of hydrogen-bond donors (Lipinski definition) is 0. The molecule has 1 heterocycles. The quantitative estimate of drug-likeness (QED) is 0.624. The fourth-order valence-corrected chi connectivity index (χ4v) is 4.01. The van der Waals surface area contributed by atoms with E-state index in [2.05, 4.69) is 26.0 Å². The van der Waals surface area contributed by atoms with Crippen LogP contribution in [0.15, 0.2) is 36.4 Å². The van der Waals surface area contributed by atoms with Gasteiger partial charge in [-0.25, -0.2) is 0 Å². The molecule has 0 fully saturated rings. The Morgan fingerprint density at radius 1 is 1.06 bits per heavy atom. The Kier molecular flexibility index (Phi) is 6.83. The second-order valence-corrected chi connectivity index (χ2v) is 9.46. The Morgan fingerprint density at radius 3 is 2.23 bits per heavy atom. The molecule has 1 aliphatic heterocycles. The highest BCUT2D eigenvalue weighted by Gasteiger charge is 2.37. The Balaban J connectivity index is 1.94. The van der Waals surface area contributed by atoms with Gasteiger partial charge in [-0.1, -0.05) is 46.8 Å². The normalized spacial score (nSPS) is 16.1. The smallest absolute Gasteiger partial charge is 0.228 e. The summed E-state index contributed by atoms with van der Waals surface area (Å²) in [5.74, 6) is 2.77. The van der Waals surface area contributed by atoms with Crippen LogP contribution < -0.4 is 14.2 Å². The van der Waals surface area contributed by atoms with Gasteiger partial charge in [0, 0.05) is 12.0 Å². The van der Waals surface area contributed by atoms with E-state index in [0.29, 0.717) is 30.6 Å². The van der Waals surface area contributed by atoms with Gasteiger partial charge in [0.25, 0.3) is 0 Å². The highest BCUT2D eigenvalue weighted by Crippen LogP contribution is 2.39. The van der Waals surface area contributed by atoms with E-state index in [0.717, 1.165) is 17.7 Å². The number of benzene rings is 2. The minimum atomic E-state index is -0.467. The lowest BCUT2D eigenvalue weighted by atomic mass is 9.88. The minimum absolute atomic E-state index is 0.122. The van der Waals surface area contributed by atoms with Crippen molar-refractivity contribution in [2.24, 2.45) is 5.41 Å². The SMILES string of the molecule is COc1cc2c(cc1OC)C(COc1ccc(C(C)C)cc1)N(C(=O)C(C)(C)C)CC2. The van der Waals surface area contributed by atoms with Gasteiger partial charge in [-0.2, -0.15) is 0 Å². The monoisotopic (exact) mass is 425 g/mol. The molecule has 0 aliphatic carbocycles. The predicted molar refractivity (Wildman–Crippen MR) is 123 cm³/mol. The van der Waals surface area contributed by atoms with E-state index in [1.54, 1.807) is 14.2 Å². The van der Waals surface area contributed by atoms with Gasteiger partial charge >= 0.3 is 0 Å². The summed E-state index contributed by atoms with van der Waals surface area (Å²) in [5, 5.41) is 0. The molecule has 0 bridgehead atoms. The van der Waals surface area contributed by atoms with E-state index in [9.17, 15) is 4.79 Å². The Hall–Kier alpha value is -2.69. The molecule has 0 saturated heterocycles. The van der Waals surface area contributed by atoms with Crippen molar-refractivity contribution >= 4 is 5.91 Å². The molecule has 0 saturated carbocycles. The van der Waals surface area contributed by atoms with Crippen molar-refractivity contribution in [3.8, 4) is 17.2 Å². The summed E-state index contributed by atoms with van der Waals surface area (Å²) in [5.41, 5.74) is 3.03. The molecule has 3 rings (SSSR count). The van der Waals surface area contributed by atoms with Crippen LogP contribution in [0.25, 0.3) is 0 Å². The lowest BCUT2D eigenvalue weighted by Crippen LogP contribution is -2.47. The highest BCUT2D eigenvalue weighted by atomic mass is 16.5. The number of amides is 1. The van der Waals surface area contributed by atoms with Gasteiger partial charge in [0.15, 0.2) is 11.5 Å². The van der Waals surface area contributed by atoms with E-state index >= 15 is 0 Å². The predicted octanol–water partition coefficient (Wildman–Crippen LogP) is 5.38. The van der Waals surface area contributed by atoms with Gasteiger partial charge < -0.3 is 19.1 Å². The van der Waals surface area contributed by atoms with Crippen molar-refractivity contribution in [2.45, 2.75) is 53.0 Å². The number of fused-ring (bicyclic) bond motifs is 1. The minimum Gasteiger partial charge on any atom is -0.493 e. The summed E-state index contributed by atoms with van der Waals surface area (Å²) < 4.78 is 17.2. The average Bonchev–Trinajstić information content (AvgIpc) is 2.75. The lowest BCUT2D eigenvalue weighted by Gasteiger charge is -2.40. The van der Waals surface area contributed by atoms with Crippen molar-refractivity contribution in [3.05, 3.63) is 53.1 Å². The Morgan fingerprint density at radius 2 is 1.68 bits per heavy atom. The van der Waals surface area contributed by atoms with Crippen LogP contribution >= 0.6 is 0 Å². The third kappa shape index (κ3) is 4.97. The van der Waals surface area contributed by atoms with Crippen molar-refractivity contribution < 1.29 is 19.0 Å². The molecule has 1 unspecified atom stereocenters. The van der Waals surface area contributed by atoms with E-state index < -0.39 is 5.41 Å². The lowest BCUT2D eigenvalue weighted by molar-refractivity contribution is -0.143. The first-order valence-corrected chi connectivity index (χ1v) is 10.9. The molecular formula is C26H35NO4. The van der Waals surface area contributed by atoms with Crippen LogP contribution in [0.4, 0.5) is 0 Å². The number of rotatable bonds is 6. The molecule has 0 radical (unpaired) electrons. The average molecular weight is 426 g/mol. The first kappa shape index (κ1) is 23.0. The summed E-state index contributed by atoms with van der Waals surface area (Å²) in [6.45, 7) is 11.3. The van der Waals surface area contributed by atoms with Gasteiger partial charge in [-0.05, 0) is 53.3 Å². The first-order chi connectivity index (χ1) is 14.7. The van der Waals surface area contributed by atoms with Gasteiger partial charge in [0.1, 0.15) is 12.4 Å². The van der Waals surface area contributed by atoms with Crippen LogP contribution in [-0.2, 0) is 11.2 Å². The van der Waals surface area contributed by atoms with Crippen LogP contribution in [0.5, 0.6) is 17.2 Å². The number of hydrogen-bond acceptors (Lipinski definition) is 4. The zero-order valence-electron chi connectivity index (χ0n) is 19.8. The molecule has 31 heavy (non-hydrogen) atoms.